The highest BCUT2D eigenvalue weighted by atomic mass is 35.5. The minimum atomic E-state index is -0.868. The fourth-order valence-corrected chi connectivity index (χ4v) is 4.21. The van der Waals surface area contributed by atoms with Crippen LogP contribution in [0.1, 0.15) is 11.9 Å². The lowest BCUT2D eigenvalue weighted by molar-refractivity contribution is -0.175. The highest BCUT2D eigenvalue weighted by molar-refractivity contribution is 8.00. The molecule has 2 aliphatic rings. The smallest absolute Gasteiger partial charge is 0.357 e. The van der Waals surface area contributed by atoms with Crippen molar-refractivity contribution in [1.29, 1.82) is 0 Å². The van der Waals surface area contributed by atoms with Gasteiger partial charge < -0.3 is 15.2 Å². The van der Waals surface area contributed by atoms with Crippen LogP contribution in [0.15, 0.2) is 53.8 Å². The molecule has 0 spiro atoms. The average Bonchev–Trinajstić information content (AvgIpc) is 2.69. The van der Waals surface area contributed by atoms with E-state index in [-0.39, 0.29) is 17.0 Å². The molecule has 0 aliphatic carbocycles. The molecule has 8 heteroatoms. The Bertz CT molecular complexity index is 753. The van der Waals surface area contributed by atoms with Crippen LogP contribution in [-0.4, -0.2) is 46.9 Å². The summed E-state index contributed by atoms with van der Waals surface area (Å²) in [5.41, 5.74) is 7.45. The number of alkyl halides is 1. The van der Waals surface area contributed by atoms with Crippen molar-refractivity contribution in [3.63, 3.8) is 0 Å². The van der Waals surface area contributed by atoms with Crippen molar-refractivity contribution < 1.29 is 19.1 Å². The second kappa shape index (κ2) is 8.26. The third-order valence-electron chi connectivity index (χ3n) is 4.14. The normalized spacial score (nSPS) is 23.7. The molecule has 1 aromatic carbocycles. The van der Waals surface area contributed by atoms with E-state index in [0.29, 0.717) is 22.8 Å². The van der Waals surface area contributed by atoms with Gasteiger partial charge in [0, 0.05) is 24.3 Å². The molecule has 0 bridgehead atoms. The number of amides is 1. The van der Waals surface area contributed by atoms with Crippen molar-refractivity contribution in [3.8, 4) is 0 Å². The predicted molar refractivity (Wildman–Crippen MR) is 100 cm³/mol. The lowest BCUT2D eigenvalue weighted by Gasteiger charge is -2.48. The Morgan fingerprint density at radius 3 is 2.85 bits per heavy atom. The maximum absolute atomic E-state index is 12.9. The van der Waals surface area contributed by atoms with E-state index in [1.54, 1.807) is 24.3 Å². The summed E-state index contributed by atoms with van der Waals surface area (Å²) < 4.78 is 10.8. The highest BCUT2D eigenvalue weighted by Gasteiger charge is 2.52. The summed E-state index contributed by atoms with van der Waals surface area (Å²) in [6.45, 7) is 0. The Morgan fingerprint density at radius 2 is 2.19 bits per heavy atom. The van der Waals surface area contributed by atoms with Gasteiger partial charge in [-0.1, -0.05) is 42.5 Å². The van der Waals surface area contributed by atoms with Crippen molar-refractivity contribution in [2.24, 2.45) is 5.73 Å². The number of esters is 1. The summed E-state index contributed by atoms with van der Waals surface area (Å²) >= 11 is 7.23. The number of carbonyl (C=O) groups is 2. The maximum Gasteiger partial charge on any atom is 0.357 e. The Labute approximate surface area is 160 Å². The van der Waals surface area contributed by atoms with Crippen LogP contribution in [0.4, 0.5) is 0 Å². The molecule has 0 radical (unpaired) electrons. The standard InChI is InChI=1S/C18H19ClN2O4S/c1-24-18(11-6-3-2-4-7-11)25-17(23)14-12(8-5-9-19)10-26-16-13(20)15(22)21(14)16/h2-8,13,16,18H,9-10,20H2,1H3. The topological polar surface area (TPSA) is 81.9 Å². The van der Waals surface area contributed by atoms with Crippen molar-refractivity contribution in [2.45, 2.75) is 17.7 Å². The minimum absolute atomic E-state index is 0.208. The zero-order valence-electron chi connectivity index (χ0n) is 14.1. The van der Waals surface area contributed by atoms with E-state index in [1.807, 2.05) is 18.2 Å². The quantitative estimate of drug-likeness (QED) is 0.344. The van der Waals surface area contributed by atoms with Crippen molar-refractivity contribution in [1.82, 2.24) is 4.90 Å². The number of β-lactam (4-membered cyclic amide) rings is 1. The van der Waals surface area contributed by atoms with E-state index < -0.39 is 18.3 Å². The number of nitrogens with zero attached hydrogens (tertiary/aromatic N) is 1. The van der Waals surface area contributed by atoms with Gasteiger partial charge in [-0.05, 0) is 5.57 Å². The van der Waals surface area contributed by atoms with Gasteiger partial charge in [-0.25, -0.2) is 4.79 Å². The molecular weight excluding hydrogens is 376 g/mol. The van der Waals surface area contributed by atoms with Crippen LogP contribution in [0.25, 0.3) is 0 Å². The second-order valence-corrected chi connectivity index (χ2v) is 7.16. The molecule has 1 saturated heterocycles. The molecule has 138 valence electrons. The number of hydrogen-bond acceptors (Lipinski definition) is 6. The first-order chi connectivity index (χ1) is 12.6. The van der Waals surface area contributed by atoms with Crippen LogP contribution in [0.3, 0.4) is 0 Å². The fourth-order valence-electron chi connectivity index (χ4n) is 2.86. The van der Waals surface area contributed by atoms with Crippen molar-refractivity contribution in [2.75, 3.05) is 18.7 Å². The van der Waals surface area contributed by atoms with Crippen LogP contribution in [0.2, 0.25) is 0 Å². The third-order valence-corrected chi connectivity index (χ3v) is 5.64. The van der Waals surface area contributed by atoms with Crippen molar-refractivity contribution in [3.05, 3.63) is 59.3 Å². The van der Waals surface area contributed by atoms with Gasteiger partial charge in [0.15, 0.2) is 0 Å². The van der Waals surface area contributed by atoms with Crippen LogP contribution < -0.4 is 5.73 Å². The van der Waals surface area contributed by atoms with Gasteiger partial charge in [0.25, 0.3) is 0 Å². The molecule has 3 unspecified atom stereocenters. The van der Waals surface area contributed by atoms with Crippen LogP contribution in [0, 0.1) is 0 Å². The van der Waals surface area contributed by atoms with Crippen LogP contribution in [0.5, 0.6) is 0 Å². The predicted octanol–water partition coefficient (Wildman–Crippen LogP) is 2.17. The zero-order valence-corrected chi connectivity index (χ0v) is 15.7. The zero-order chi connectivity index (χ0) is 18.7. The molecule has 6 nitrogen and oxygen atoms in total. The first kappa shape index (κ1) is 19.0. The first-order valence-corrected chi connectivity index (χ1v) is 9.61. The summed E-state index contributed by atoms with van der Waals surface area (Å²) in [5, 5.41) is -0.254. The van der Waals surface area contributed by atoms with Gasteiger partial charge in [0.2, 0.25) is 12.2 Å². The number of ether oxygens (including phenoxy) is 2. The number of nitrogens with two attached hydrogens (primary N) is 1. The first-order valence-electron chi connectivity index (χ1n) is 8.03. The summed E-state index contributed by atoms with van der Waals surface area (Å²) in [5.74, 6) is -0.0683. The molecule has 1 aromatic rings. The number of hydrogen-bond donors (Lipinski definition) is 1. The van der Waals surface area contributed by atoms with E-state index >= 15 is 0 Å². The fraction of sp³-hybridized carbons (Fsp3) is 0.333. The third kappa shape index (κ3) is 3.53. The molecule has 26 heavy (non-hydrogen) atoms. The SMILES string of the molecule is COC(OC(=O)C1=C(C=CCCl)CSC2C(N)C(=O)N12)c1ccccc1. The van der Waals surface area contributed by atoms with Gasteiger partial charge in [-0.3, -0.25) is 9.69 Å². The van der Waals surface area contributed by atoms with Gasteiger partial charge in [0.05, 0.1) is 0 Å². The molecule has 1 amide bonds. The largest absolute Gasteiger partial charge is 0.427 e. The van der Waals surface area contributed by atoms with Crippen LogP contribution >= 0.6 is 23.4 Å². The number of rotatable bonds is 6. The molecular formula is C18H19ClN2O4S. The number of methoxy groups -OCH3 is 1. The van der Waals surface area contributed by atoms with Gasteiger partial charge in [-0.2, -0.15) is 0 Å². The van der Waals surface area contributed by atoms with Crippen LogP contribution in [-0.2, 0) is 19.1 Å². The Kier molecular flexibility index (Phi) is 6.03. The molecule has 2 heterocycles. The lowest BCUT2D eigenvalue weighted by Crippen LogP contribution is -2.68. The number of allylic oxidation sites excluding steroid dienone is 2. The molecule has 0 aromatic heterocycles. The number of carbonyl (C=O) groups excluding carboxylic acids is 2. The van der Waals surface area contributed by atoms with Crippen molar-refractivity contribution >= 4 is 35.2 Å². The number of benzene rings is 1. The molecule has 2 aliphatic heterocycles. The molecule has 3 rings (SSSR count). The second-order valence-electron chi connectivity index (χ2n) is 5.75. The molecule has 0 saturated carbocycles. The van der Waals surface area contributed by atoms with E-state index in [4.69, 9.17) is 26.8 Å². The number of fused-ring (bicyclic) bond motifs is 1. The average molecular weight is 395 g/mol. The van der Waals surface area contributed by atoms with E-state index in [9.17, 15) is 9.59 Å². The Hall–Kier alpha value is -1.80. The van der Waals surface area contributed by atoms with E-state index in [1.165, 1.54) is 23.8 Å². The molecule has 1 fully saturated rings. The Morgan fingerprint density at radius 1 is 1.46 bits per heavy atom. The van der Waals surface area contributed by atoms with E-state index in [2.05, 4.69) is 0 Å². The maximum atomic E-state index is 12.9. The number of thioether (sulfide) groups is 1. The molecule has 3 atom stereocenters. The monoisotopic (exact) mass is 394 g/mol. The summed E-state index contributed by atoms with van der Waals surface area (Å²) in [6.07, 6.45) is 2.60. The van der Waals surface area contributed by atoms with E-state index in [0.717, 1.165) is 0 Å². The van der Waals surface area contributed by atoms with Gasteiger partial charge in [-0.15, -0.1) is 23.4 Å². The summed E-state index contributed by atoms with van der Waals surface area (Å²) in [4.78, 5) is 26.5. The van der Waals surface area contributed by atoms with Gasteiger partial charge in [0.1, 0.15) is 17.1 Å². The summed E-state index contributed by atoms with van der Waals surface area (Å²) in [6, 6.07) is 8.51. The summed E-state index contributed by atoms with van der Waals surface area (Å²) in [7, 11) is 1.46. The van der Waals surface area contributed by atoms with Gasteiger partial charge >= 0.3 is 5.97 Å². The highest BCUT2D eigenvalue weighted by Crippen LogP contribution is 2.40. The number of halogens is 1. The lowest BCUT2D eigenvalue weighted by atomic mass is 10.0. The minimum Gasteiger partial charge on any atom is -0.427 e. The molecule has 2 N–H and O–H groups in total. The Balaban J connectivity index is 1.89.